The molecule has 0 bridgehead atoms. The van der Waals surface area contributed by atoms with Crippen LogP contribution in [0.25, 0.3) is 0 Å². The zero-order valence-corrected chi connectivity index (χ0v) is 15.7. The third kappa shape index (κ3) is 4.76. The Balaban J connectivity index is 0.00000220. The summed E-state index contributed by atoms with van der Waals surface area (Å²) in [4.78, 5) is 6.73. The normalized spacial score (nSPS) is 17.3. The number of methoxy groups -OCH3 is 1. The highest BCUT2D eigenvalue weighted by Gasteiger charge is 2.30. The van der Waals surface area contributed by atoms with Crippen LogP contribution in [0.4, 0.5) is 0 Å². The summed E-state index contributed by atoms with van der Waals surface area (Å²) in [6, 6.07) is 8.08. The molecule has 0 amide bonds. The van der Waals surface area contributed by atoms with Crippen LogP contribution in [0.5, 0.6) is 5.75 Å². The number of hydrogen-bond acceptors (Lipinski definition) is 2. The van der Waals surface area contributed by atoms with Crippen molar-refractivity contribution in [2.24, 2.45) is 10.4 Å². The average Bonchev–Trinajstić information content (AvgIpc) is 2.80. The van der Waals surface area contributed by atoms with Gasteiger partial charge in [-0.15, -0.1) is 24.0 Å². The lowest BCUT2D eigenvalue weighted by Crippen LogP contribution is -2.40. The summed E-state index contributed by atoms with van der Waals surface area (Å²) in [5, 5.41) is 3.44. The van der Waals surface area contributed by atoms with E-state index in [0.717, 1.165) is 36.9 Å². The van der Waals surface area contributed by atoms with Gasteiger partial charge in [-0.1, -0.05) is 32.0 Å². The van der Waals surface area contributed by atoms with Crippen LogP contribution in [0.15, 0.2) is 29.3 Å². The molecular weight excluding hydrogens is 377 g/mol. The summed E-state index contributed by atoms with van der Waals surface area (Å²) in [5.74, 6) is 1.89. The largest absolute Gasteiger partial charge is 0.496 e. The maximum atomic E-state index is 5.38. The second kappa shape index (κ2) is 7.87. The molecule has 118 valence electrons. The molecule has 1 heterocycles. The molecule has 1 N–H and O–H groups in total. The van der Waals surface area contributed by atoms with Crippen molar-refractivity contribution in [2.75, 3.05) is 27.2 Å². The van der Waals surface area contributed by atoms with E-state index in [2.05, 4.69) is 35.1 Å². The van der Waals surface area contributed by atoms with Gasteiger partial charge in [0.25, 0.3) is 0 Å². The van der Waals surface area contributed by atoms with E-state index in [1.807, 2.05) is 25.2 Å². The molecule has 1 aliphatic heterocycles. The number of ether oxygens (including phenoxy) is 1. The van der Waals surface area contributed by atoms with E-state index < -0.39 is 0 Å². The Hall–Kier alpha value is -0.980. The van der Waals surface area contributed by atoms with E-state index in [1.54, 1.807) is 7.11 Å². The molecule has 0 radical (unpaired) electrons. The van der Waals surface area contributed by atoms with E-state index in [-0.39, 0.29) is 24.0 Å². The van der Waals surface area contributed by atoms with E-state index in [1.165, 1.54) is 6.42 Å². The van der Waals surface area contributed by atoms with Gasteiger partial charge in [0.2, 0.25) is 0 Å². The van der Waals surface area contributed by atoms with Crippen molar-refractivity contribution < 1.29 is 4.74 Å². The molecule has 1 aliphatic rings. The minimum Gasteiger partial charge on any atom is -0.496 e. The summed E-state index contributed by atoms with van der Waals surface area (Å²) in [7, 11) is 3.55. The van der Waals surface area contributed by atoms with Crippen molar-refractivity contribution in [3.05, 3.63) is 29.8 Å². The van der Waals surface area contributed by atoms with Crippen LogP contribution in [0.1, 0.15) is 25.8 Å². The van der Waals surface area contributed by atoms with E-state index in [9.17, 15) is 0 Å². The first-order valence-electron chi connectivity index (χ1n) is 7.13. The van der Waals surface area contributed by atoms with Crippen LogP contribution in [-0.4, -0.2) is 38.1 Å². The molecule has 1 fully saturated rings. The summed E-state index contributed by atoms with van der Waals surface area (Å²) in [5.41, 5.74) is 1.52. The summed E-state index contributed by atoms with van der Waals surface area (Å²) >= 11 is 0. The van der Waals surface area contributed by atoms with Crippen molar-refractivity contribution in [3.8, 4) is 5.75 Å². The maximum absolute atomic E-state index is 5.38. The predicted octanol–water partition coefficient (Wildman–Crippen LogP) is 3.12. The average molecular weight is 403 g/mol. The maximum Gasteiger partial charge on any atom is 0.193 e. The van der Waals surface area contributed by atoms with Gasteiger partial charge in [0, 0.05) is 32.2 Å². The fourth-order valence-electron chi connectivity index (χ4n) is 2.65. The first-order chi connectivity index (χ1) is 9.55. The molecule has 4 nitrogen and oxygen atoms in total. The molecule has 1 saturated heterocycles. The van der Waals surface area contributed by atoms with Crippen LogP contribution < -0.4 is 10.1 Å². The number of likely N-dealkylation sites (tertiary alicyclic amines) is 1. The van der Waals surface area contributed by atoms with Crippen LogP contribution in [-0.2, 0) is 6.54 Å². The van der Waals surface area contributed by atoms with Gasteiger partial charge in [-0.25, -0.2) is 0 Å². The van der Waals surface area contributed by atoms with E-state index in [4.69, 9.17) is 4.74 Å². The molecule has 1 aromatic rings. The van der Waals surface area contributed by atoms with Gasteiger partial charge >= 0.3 is 0 Å². The van der Waals surface area contributed by atoms with Crippen LogP contribution in [0, 0.1) is 5.41 Å². The smallest absolute Gasteiger partial charge is 0.193 e. The highest BCUT2D eigenvalue weighted by atomic mass is 127. The Labute approximate surface area is 145 Å². The van der Waals surface area contributed by atoms with E-state index in [0.29, 0.717) is 5.41 Å². The van der Waals surface area contributed by atoms with Gasteiger partial charge in [0.15, 0.2) is 5.96 Å². The number of hydrogen-bond donors (Lipinski definition) is 1. The van der Waals surface area contributed by atoms with Gasteiger partial charge in [-0.05, 0) is 17.9 Å². The first-order valence-corrected chi connectivity index (χ1v) is 7.13. The molecule has 0 aliphatic carbocycles. The topological polar surface area (TPSA) is 36.9 Å². The van der Waals surface area contributed by atoms with Crippen LogP contribution in [0.3, 0.4) is 0 Å². The molecule has 5 heteroatoms. The molecule has 0 unspecified atom stereocenters. The molecule has 0 spiro atoms. The Bertz CT molecular complexity index is 488. The number of aliphatic imine (C=N–C) groups is 1. The quantitative estimate of drug-likeness (QED) is 0.479. The lowest BCUT2D eigenvalue weighted by atomic mass is 9.93. The number of nitrogens with one attached hydrogen (secondary N) is 1. The number of halogens is 1. The Morgan fingerprint density at radius 1 is 1.38 bits per heavy atom. The molecular formula is C16H26IN3O. The SMILES string of the molecule is CN=C(NCc1ccccc1OC)N1CCC(C)(C)C1.I. The number of benzene rings is 1. The Morgan fingerprint density at radius 3 is 2.67 bits per heavy atom. The number of guanidine groups is 1. The molecule has 21 heavy (non-hydrogen) atoms. The molecule has 0 aromatic heterocycles. The molecule has 0 saturated carbocycles. The van der Waals surface area contributed by atoms with Gasteiger partial charge in [-0.3, -0.25) is 4.99 Å². The molecule has 0 atom stereocenters. The van der Waals surface area contributed by atoms with Gasteiger partial charge in [0.05, 0.1) is 7.11 Å². The Kier molecular flexibility index (Phi) is 6.77. The number of nitrogens with zero attached hydrogens (tertiary/aromatic N) is 2. The second-order valence-electron chi connectivity index (χ2n) is 6.05. The van der Waals surface area contributed by atoms with Gasteiger partial charge in [0.1, 0.15) is 5.75 Å². The van der Waals surface area contributed by atoms with Gasteiger partial charge in [-0.2, -0.15) is 0 Å². The highest BCUT2D eigenvalue weighted by molar-refractivity contribution is 14.0. The monoisotopic (exact) mass is 403 g/mol. The predicted molar refractivity (Wildman–Crippen MR) is 98.6 cm³/mol. The first kappa shape index (κ1) is 18.1. The fraction of sp³-hybridized carbons (Fsp3) is 0.562. The third-order valence-corrected chi connectivity index (χ3v) is 3.82. The van der Waals surface area contributed by atoms with Crippen LogP contribution >= 0.6 is 24.0 Å². The van der Waals surface area contributed by atoms with Crippen molar-refractivity contribution in [2.45, 2.75) is 26.8 Å². The fourth-order valence-corrected chi connectivity index (χ4v) is 2.65. The standard InChI is InChI=1S/C16H25N3O.HI/c1-16(2)9-10-19(12-16)15(17-3)18-11-13-7-5-6-8-14(13)20-4;/h5-8H,9-12H2,1-4H3,(H,17,18);1H. The minimum atomic E-state index is 0. The van der Waals surface area contributed by atoms with Crippen molar-refractivity contribution in [1.29, 1.82) is 0 Å². The van der Waals surface area contributed by atoms with Crippen LogP contribution in [0.2, 0.25) is 0 Å². The lowest BCUT2D eigenvalue weighted by molar-refractivity contribution is 0.369. The summed E-state index contributed by atoms with van der Waals surface area (Å²) in [6.07, 6.45) is 1.21. The highest BCUT2D eigenvalue weighted by Crippen LogP contribution is 2.28. The van der Waals surface area contributed by atoms with Crippen molar-refractivity contribution in [1.82, 2.24) is 10.2 Å². The number of para-hydroxylation sites is 1. The minimum absolute atomic E-state index is 0. The summed E-state index contributed by atoms with van der Waals surface area (Å²) < 4.78 is 5.38. The van der Waals surface area contributed by atoms with Crippen molar-refractivity contribution in [3.63, 3.8) is 0 Å². The van der Waals surface area contributed by atoms with Gasteiger partial charge < -0.3 is 15.0 Å². The molecule has 1 aromatic carbocycles. The summed E-state index contributed by atoms with van der Waals surface area (Å²) in [6.45, 7) is 7.46. The lowest BCUT2D eigenvalue weighted by Gasteiger charge is -2.24. The zero-order chi connectivity index (χ0) is 14.6. The molecule has 2 rings (SSSR count). The third-order valence-electron chi connectivity index (χ3n) is 3.82. The zero-order valence-electron chi connectivity index (χ0n) is 13.3. The van der Waals surface area contributed by atoms with Crippen molar-refractivity contribution >= 4 is 29.9 Å². The Morgan fingerprint density at radius 2 is 2.10 bits per heavy atom. The van der Waals surface area contributed by atoms with E-state index >= 15 is 0 Å². The second-order valence-corrected chi connectivity index (χ2v) is 6.05. The number of rotatable bonds is 3.